The molecule has 0 saturated heterocycles. The zero-order chi connectivity index (χ0) is 18.8. The smallest absolute Gasteiger partial charge is 0.337 e. The van der Waals surface area contributed by atoms with Crippen LogP contribution in [-0.2, 0) is 10.2 Å². The fourth-order valence-electron chi connectivity index (χ4n) is 2.24. The summed E-state index contributed by atoms with van der Waals surface area (Å²) in [4.78, 5) is 23.8. The highest BCUT2D eigenvalue weighted by atomic mass is 19.1. The van der Waals surface area contributed by atoms with Crippen LogP contribution in [0.15, 0.2) is 36.4 Å². The van der Waals surface area contributed by atoms with Gasteiger partial charge in [-0.3, -0.25) is 4.79 Å². The Morgan fingerprint density at radius 2 is 1.80 bits per heavy atom. The molecule has 0 aliphatic carbocycles. The van der Waals surface area contributed by atoms with Gasteiger partial charge in [0.2, 0.25) is 0 Å². The third kappa shape index (κ3) is 4.15. The van der Waals surface area contributed by atoms with Crippen LogP contribution in [-0.4, -0.2) is 24.1 Å². The number of nitrogens with one attached hydrogen (secondary N) is 1. The molecule has 0 aliphatic rings. The SMILES string of the molecule is COC(=O)c1ccc(NC(=O)c2cc(C(C)(C)C)ccc2O)c(F)c1. The molecule has 0 saturated carbocycles. The van der Waals surface area contributed by atoms with Crippen LogP contribution in [0.1, 0.15) is 47.1 Å². The third-order valence-electron chi connectivity index (χ3n) is 3.75. The molecule has 2 N–H and O–H groups in total. The van der Waals surface area contributed by atoms with E-state index in [0.717, 1.165) is 11.6 Å². The molecule has 0 spiro atoms. The van der Waals surface area contributed by atoms with Gasteiger partial charge in [0.25, 0.3) is 5.91 Å². The number of rotatable bonds is 3. The van der Waals surface area contributed by atoms with Crippen LogP contribution in [0.3, 0.4) is 0 Å². The number of anilines is 1. The molecule has 0 aromatic heterocycles. The molecule has 6 heteroatoms. The quantitative estimate of drug-likeness (QED) is 0.828. The van der Waals surface area contributed by atoms with Gasteiger partial charge in [-0.05, 0) is 41.3 Å². The summed E-state index contributed by atoms with van der Waals surface area (Å²) in [5, 5.41) is 12.4. The Balaban J connectivity index is 2.30. The van der Waals surface area contributed by atoms with Crippen molar-refractivity contribution < 1.29 is 23.8 Å². The van der Waals surface area contributed by atoms with Gasteiger partial charge in [-0.25, -0.2) is 9.18 Å². The lowest BCUT2D eigenvalue weighted by Gasteiger charge is -2.20. The van der Waals surface area contributed by atoms with Crippen molar-refractivity contribution in [2.45, 2.75) is 26.2 Å². The fourth-order valence-corrected chi connectivity index (χ4v) is 2.24. The van der Waals surface area contributed by atoms with Crippen LogP contribution >= 0.6 is 0 Å². The second kappa shape index (κ2) is 6.93. The van der Waals surface area contributed by atoms with Crippen LogP contribution in [0.2, 0.25) is 0 Å². The lowest BCUT2D eigenvalue weighted by Crippen LogP contribution is -2.16. The Bertz CT molecular complexity index is 825. The minimum atomic E-state index is -0.775. The van der Waals surface area contributed by atoms with Crippen molar-refractivity contribution in [1.82, 2.24) is 0 Å². The zero-order valence-electron chi connectivity index (χ0n) is 14.5. The molecule has 2 aromatic rings. The number of phenolic OH excluding ortho intramolecular Hbond substituents is 1. The predicted octanol–water partition coefficient (Wildman–Crippen LogP) is 3.87. The average molecular weight is 345 g/mol. The Hall–Kier alpha value is -2.89. The number of carbonyl (C=O) groups excluding carboxylic acids is 2. The number of benzene rings is 2. The Kier molecular flexibility index (Phi) is 5.11. The van der Waals surface area contributed by atoms with Gasteiger partial charge in [0.1, 0.15) is 11.6 Å². The number of hydrogen-bond donors (Lipinski definition) is 2. The highest BCUT2D eigenvalue weighted by molar-refractivity contribution is 6.06. The number of amides is 1. The van der Waals surface area contributed by atoms with E-state index in [4.69, 9.17) is 0 Å². The molecule has 132 valence electrons. The molecule has 0 atom stereocenters. The molecule has 0 fully saturated rings. The molecular formula is C19H20FNO4. The van der Waals surface area contributed by atoms with E-state index in [-0.39, 0.29) is 28.0 Å². The van der Waals surface area contributed by atoms with Crippen molar-refractivity contribution in [3.8, 4) is 5.75 Å². The lowest BCUT2D eigenvalue weighted by molar-refractivity contribution is 0.0600. The number of halogens is 1. The zero-order valence-corrected chi connectivity index (χ0v) is 14.5. The fraction of sp³-hybridized carbons (Fsp3) is 0.263. The largest absolute Gasteiger partial charge is 0.507 e. The van der Waals surface area contributed by atoms with Gasteiger partial charge in [-0.1, -0.05) is 26.8 Å². The van der Waals surface area contributed by atoms with E-state index in [2.05, 4.69) is 10.1 Å². The van der Waals surface area contributed by atoms with E-state index in [0.29, 0.717) is 0 Å². The summed E-state index contributed by atoms with van der Waals surface area (Å²) in [5.74, 6) is -2.29. The van der Waals surface area contributed by atoms with Gasteiger partial charge in [-0.15, -0.1) is 0 Å². The third-order valence-corrected chi connectivity index (χ3v) is 3.75. The summed E-state index contributed by atoms with van der Waals surface area (Å²) in [6.07, 6.45) is 0. The number of carbonyl (C=O) groups is 2. The number of methoxy groups -OCH3 is 1. The second-order valence-corrected chi connectivity index (χ2v) is 6.62. The standard InChI is InChI=1S/C19H20FNO4/c1-19(2,3)12-6-8-16(22)13(10-12)17(23)21-15-7-5-11(9-14(15)20)18(24)25-4/h5-10,22H,1-4H3,(H,21,23). The first-order valence-electron chi connectivity index (χ1n) is 7.66. The first-order chi connectivity index (χ1) is 11.6. The molecule has 0 radical (unpaired) electrons. The maximum atomic E-state index is 14.1. The summed E-state index contributed by atoms with van der Waals surface area (Å²) < 4.78 is 18.6. The van der Waals surface area contributed by atoms with Crippen molar-refractivity contribution in [2.24, 2.45) is 0 Å². The minimum Gasteiger partial charge on any atom is -0.507 e. The maximum Gasteiger partial charge on any atom is 0.337 e. The molecule has 2 rings (SSSR count). The van der Waals surface area contributed by atoms with Crippen LogP contribution in [0.4, 0.5) is 10.1 Å². The topological polar surface area (TPSA) is 75.6 Å². The summed E-state index contributed by atoms with van der Waals surface area (Å²) in [6, 6.07) is 8.34. The van der Waals surface area contributed by atoms with Crippen molar-refractivity contribution >= 4 is 17.6 Å². The van der Waals surface area contributed by atoms with Crippen LogP contribution in [0.5, 0.6) is 5.75 Å². The maximum absolute atomic E-state index is 14.1. The van der Waals surface area contributed by atoms with Crippen molar-refractivity contribution in [2.75, 3.05) is 12.4 Å². The predicted molar refractivity (Wildman–Crippen MR) is 92.5 cm³/mol. The van der Waals surface area contributed by atoms with Crippen molar-refractivity contribution in [1.29, 1.82) is 0 Å². The van der Waals surface area contributed by atoms with E-state index in [1.165, 1.54) is 25.3 Å². The Morgan fingerprint density at radius 1 is 1.12 bits per heavy atom. The van der Waals surface area contributed by atoms with Crippen molar-refractivity contribution in [3.63, 3.8) is 0 Å². The average Bonchev–Trinajstić information content (AvgIpc) is 2.55. The molecular weight excluding hydrogens is 325 g/mol. The van der Waals surface area contributed by atoms with Gasteiger partial charge >= 0.3 is 5.97 Å². The Morgan fingerprint density at radius 3 is 2.36 bits per heavy atom. The first-order valence-corrected chi connectivity index (χ1v) is 7.66. The number of aromatic hydroxyl groups is 1. The van der Waals surface area contributed by atoms with Crippen LogP contribution in [0, 0.1) is 5.82 Å². The molecule has 1 amide bonds. The molecule has 0 heterocycles. The van der Waals surface area contributed by atoms with Crippen LogP contribution in [0.25, 0.3) is 0 Å². The monoisotopic (exact) mass is 345 g/mol. The summed E-state index contributed by atoms with van der Waals surface area (Å²) in [6.45, 7) is 5.94. The van der Waals surface area contributed by atoms with E-state index >= 15 is 0 Å². The lowest BCUT2D eigenvalue weighted by atomic mass is 9.86. The summed E-state index contributed by atoms with van der Waals surface area (Å²) in [7, 11) is 1.20. The number of esters is 1. The summed E-state index contributed by atoms with van der Waals surface area (Å²) >= 11 is 0. The highest BCUT2D eigenvalue weighted by Gasteiger charge is 2.20. The van der Waals surface area contributed by atoms with Gasteiger partial charge in [-0.2, -0.15) is 0 Å². The molecule has 0 unspecified atom stereocenters. The number of hydrogen-bond acceptors (Lipinski definition) is 4. The van der Waals surface area contributed by atoms with Gasteiger partial charge in [0.15, 0.2) is 0 Å². The van der Waals surface area contributed by atoms with Gasteiger partial charge in [0, 0.05) is 0 Å². The number of ether oxygens (including phenoxy) is 1. The minimum absolute atomic E-state index is 0.0376. The van der Waals surface area contributed by atoms with E-state index in [9.17, 15) is 19.1 Å². The highest BCUT2D eigenvalue weighted by Crippen LogP contribution is 2.28. The molecule has 2 aromatic carbocycles. The normalized spacial score (nSPS) is 11.1. The Labute approximate surface area is 145 Å². The molecule has 0 bridgehead atoms. The van der Waals surface area contributed by atoms with Gasteiger partial charge < -0.3 is 15.2 Å². The van der Waals surface area contributed by atoms with E-state index < -0.39 is 17.7 Å². The molecule has 5 nitrogen and oxygen atoms in total. The first kappa shape index (κ1) is 18.4. The summed E-state index contributed by atoms with van der Waals surface area (Å²) in [5.41, 5.74) is 0.630. The van der Waals surface area contributed by atoms with Crippen LogP contribution < -0.4 is 5.32 Å². The molecule has 25 heavy (non-hydrogen) atoms. The number of phenols is 1. The second-order valence-electron chi connectivity index (χ2n) is 6.62. The van der Waals surface area contributed by atoms with E-state index in [1.54, 1.807) is 12.1 Å². The van der Waals surface area contributed by atoms with Gasteiger partial charge in [0.05, 0.1) is 23.9 Å². The van der Waals surface area contributed by atoms with Crippen molar-refractivity contribution in [3.05, 3.63) is 58.9 Å². The molecule has 0 aliphatic heterocycles. The van der Waals surface area contributed by atoms with E-state index in [1.807, 2.05) is 20.8 Å².